The minimum atomic E-state index is -0.788. The summed E-state index contributed by atoms with van der Waals surface area (Å²) in [5.74, 6) is -0.0363. The zero-order valence-corrected chi connectivity index (χ0v) is 15.2. The molecule has 1 aliphatic rings. The van der Waals surface area contributed by atoms with Gasteiger partial charge >= 0.3 is 0 Å². The average Bonchev–Trinajstić information content (AvgIpc) is 3.08. The number of nitrogens with one attached hydrogen (secondary N) is 1. The number of nitrogens with two attached hydrogens (primary N) is 2. The molecule has 2 aromatic rings. The van der Waals surface area contributed by atoms with E-state index in [1.165, 1.54) is 14.2 Å². The summed E-state index contributed by atoms with van der Waals surface area (Å²) >= 11 is 0. The minimum absolute atomic E-state index is 0.0407. The second-order valence-electron chi connectivity index (χ2n) is 6.28. The standard InChI is InChI=1S/C18H22FN5O3/c1-26-12-5-11(6-13(7-12)27-2)22-17-14(16(21)25)8-15(19)18(23-17)24-4-3-10(20)9-24/h5-8,10H,3-4,9,20H2,1-2H3,(H2,21,25)(H,22,23)/t10-/m0/s1. The SMILES string of the molecule is COc1cc(Nc2nc(N3CC[C@H](N)C3)c(F)cc2C(N)=O)cc(OC)c1. The Labute approximate surface area is 156 Å². The highest BCUT2D eigenvalue weighted by Gasteiger charge is 2.25. The Bertz CT molecular complexity index is 839. The molecule has 144 valence electrons. The third-order valence-electron chi connectivity index (χ3n) is 4.36. The number of anilines is 3. The number of primary amides is 1. The highest BCUT2D eigenvalue weighted by atomic mass is 19.1. The molecule has 0 spiro atoms. The maximum absolute atomic E-state index is 14.5. The van der Waals surface area contributed by atoms with Crippen LogP contribution in [0.5, 0.6) is 11.5 Å². The number of carbonyl (C=O) groups excluding carboxylic acids is 1. The van der Waals surface area contributed by atoms with E-state index in [-0.39, 0.29) is 23.2 Å². The normalized spacial score (nSPS) is 16.3. The molecule has 27 heavy (non-hydrogen) atoms. The van der Waals surface area contributed by atoms with Gasteiger partial charge in [-0.3, -0.25) is 4.79 Å². The van der Waals surface area contributed by atoms with Crippen LogP contribution in [-0.4, -0.2) is 44.2 Å². The Hall–Kier alpha value is -3.07. The van der Waals surface area contributed by atoms with E-state index in [0.29, 0.717) is 30.3 Å². The number of benzene rings is 1. The quantitative estimate of drug-likeness (QED) is 0.702. The molecule has 0 bridgehead atoms. The molecular formula is C18H22FN5O3. The Kier molecular flexibility index (Phi) is 5.31. The van der Waals surface area contributed by atoms with Crippen molar-refractivity contribution >= 4 is 23.2 Å². The number of hydrogen-bond acceptors (Lipinski definition) is 7. The van der Waals surface area contributed by atoms with Crippen molar-refractivity contribution < 1.29 is 18.7 Å². The molecule has 1 fully saturated rings. The maximum Gasteiger partial charge on any atom is 0.252 e. The first-order chi connectivity index (χ1) is 12.9. The topological polar surface area (TPSA) is 116 Å². The zero-order valence-electron chi connectivity index (χ0n) is 15.2. The Morgan fingerprint density at radius 3 is 2.44 bits per heavy atom. The van der Waals surface area contributed by atoms with Crippen LogP contribution in [0.25, 0.3) is 0 Å². The largest absolute Gasteiger partial charge is 0.497 e. The van der Waals surface area contributed by atoms with E-state index in [1.807, 2.05) is 0 Å². The highest BCUT2D eigenvalue weighted by molar-refractivity contribution is 5.98. The van der Waals surface area contributed by atoms with Gasteiger partial charge in [-0.15, -0.1) is 0 Å². The summed E-state index contributed by atoms with van der Waals surface area (Å²) in [4.78, 5) is 17.9. The molecule has 3 rings (SSSR count). The van der Waals surface area contributed by atoms with E-state index in [4.69, 9.17) is 20.9 Å². The van der Waals surface area contributed by atoms with Crippen LogP contribution in [-0.2, 0) is 0 Å². The smallest absolute Gasteiger partial charge is 0.252 e. The van der Waals surface area contributed by atoms with E-state index >= 15 is 0 Å². The number of aromatic nitrogens is 1. The Morgan fingerprint density at radius 1 is 1.26 bits per heavy atom. The monoisotopic (exact) mass is 375 g/mol. The van der Waals surface area contributed by atoms with Crippen LogP contribution < -0.4 is 31.2 Å². The molecule has 8 nitrogen and oxygen atoms in total. The first kappa shape index (κ1) is 18.7. The number of nitrogens with zero attached hydrogens (tertiary/aromatic N) is 2. The molecule has 1 aromatic heterocycles. The number of ether oxygens (including phenoxy) is 2. The third-order valence-corrected chi connectivity index (χ3v) is 4.36. The van der Waals surface area contributed by atoms with Crippen LogP contribution in [0.2, 0.25) is 0 Å². The van der Waals surface area contributed by atoms with Crippen molar-refractivity contribution in [2.45, 2.75) is 12.5 Å². The van der Waals surface area contributed by atoms with Gasteiger partial charge in [0.05, 0.1) is 19.8 Å². The van der Waals surface area contributed by atoms with Gasteiger partial charge in [-0.05, 0) is 12.5 Å². The lowest BCUT2D eigenvalue weighted by atomic mass is 10.2. The summed E-state index contributed by atoms with van der Waals surface area (Å²) in [6.07, 6.45) is 0.745. The van der Waals surface area contributed by atoms with Crippen LogP contribution in [0.3, 0.4) is 0 Å². The molecule has 0 radical (unpaired) electrons. The van der Waals surface area contributed by atoms with E-state index in [1.54, 1.807) is 23.1 Å². The number of rotatable bonds is 6. The molecule has 0 unspecified atom stereocenters. The van der Waals surface area contributed by atoms with Gasteiger partial charge in [0.1, 0.15) is 17.3 Å². The van der Waals surface area contributed by atoms with Crippen molar-refractivity contribution in [1.29, 1.82) is 0 Å². The number of hydrogen-bond donors (Lipinski definition) is 3. The molecule has 5 N–H and O–H groups in total. The van der Waals surface area contributed by atoms with Gasteiger partial charge in [-0.2, -0.15) is 0 Å². The predicted molar refractivity (Wildman–Crippen MR) is 100 cm³/mol. The van der Waals surface area contributed by atoms with E-state index in [0.717, 1.165) is 12.5 Å². The van der Waals surface area contributed by atoms with Crippen molar-refractivity contribution in [2.24, 2.45) is 11.5 Å². The van der Waals surface area contributed by atoms with E-state index in [9.17, 15) is 9.18 Å². The van der Waals surface area contributed by atoms with E-state index < -0.39 is 11.7 Å². The second kappa shape index (κ2) is 7.67. The first-order valence-corrected chi connectivity index (χ1v) is 8.42. The lowest BCUT2D eigenvalue weighted by Crippen LogP contribution is -2.28. The van der Waals surface area contributed by atoms with Crippen molar-refractivity contribution in [3.05, 3.63) is 35.6 Å². The van der Waals surface area contributed by atoms with Crippen molar-refractivity contribution in [3.63, 3.8) is 0 Å². The molecular weight excluding hydrogens is 353 g/mol. The number of carbonyl (C=O) groups is 1. The zero-order chi connectivity index (χ0) is 19.6. The molecule has 0 saturated carbocycles. The first-order valence-electron chi connectivity index (χ1n) is 8.42. The predicted octanol–water partition coefficient (Wildman–Crippen LogP) is 1.62. The van der Waals surface area contributed by atoms with Crippen molar-refractivity contribution in [1.82, 2.24) is 4.98 Å². The molecule has 0 aliphatic carbocycles. The molecule has 1 amide bonds. The van der Waals surface area contributed by atoms with Crippen LogP contribution in [0.1, 0.15) is 16.8 Å². The van der Waals surface area contributed by atoms with Gasteiger partial charge in [-0.1, -0.05) is 0 Å². The third kappa shape index (κ3) is 4.03. The number of halogens is 1. The number of methoxy groups -OCH3 is 2. The van der Waals surface area contributed by atoms with Gasteiger partial charge in [-0.25, -0.2) is 9.37 Å². The Balaban J connectivity index is 2.01. The lowest BCUT2D eigenvalue weighted by molar-refractivity contribution is 0.100. The summed E-state index contributed by atoms with van der Waals surface area (Å²) in [5, 5.41) is 3.01. The summed E-state index contributed by atoms with van der Waals surface area (Å²) < 4.78 is 25.0. The lowest BCUT2D eigenvalue weighted by Gasteiger charge is -2.20. The van der Waals surface area contributed by atoms with Crippen molar-refractivity contribution in [2.75, 3.05) is 37.5 Å². The molecule has 1 atom stereocenters. The van der Waals surface area contributed by atoms with Crippen LogP contribution in [0.4, 0.5) is 21.7 Å². The van der Waals surface area contributed by atoms with Gasteiger partial charge in [0.25, 0.3) is 5.91 Å². The van der Waals surface area contributed by atoms with Gasteiger partial charge in [0.2, 0.25) is 0 Å². The summed E-state index contributed by atoms with van der Waals surface area (Å²) in [7, 11) is 3.05. The summed E-state index contributed by atoms with van der Waals surface area (Å²) in [6.45, 7) is 1.08. The fraction of sp³-hybridized carbons (Fsp3) is 0.333. The Morgan fingerprint density at radius 2 is 1.93 bits per heavy atom. The fourth-order valence-corrected chi connectivity index (χ4v) is 2.98. The molecule has 1 saturated heterocycles. The van der Waals surface area contributed by atoms with Gasteiger partial charge < -0.3 is 31.2 Å². The second-order valence-corrected chi connectivity index (χ2v) is 6.28. The van der Waals surface area contributed by atoms with Crippen LogP contribution in [0, 0.1) is 5.82 Å². The average molecular weight is 375 g/mol. The van der Waals surface area contributed by atoms with Crippen molar-refractivity contribution in [3.8, 4) is 11.5 Å². The van der Waals surface area contributed by atoms with Gasteiger partial charge in [0, 0.05) is 43.0 Å². The molecule has 2 heterocycles. The van der Waals surface area contributed by atoms with Crippen LogP contribution >= 0.6 is 0 Å². The van der Waals surface area contributed by atoms with Crippen LogP contribution in [0.15, 0.2) is 24.3 Å². The van der Waals surface area contributed by atoms with Gasteiger partial charge in [0.15, 0.2) is 11.6 Å². The summed E-state index contributed by atoms with van der Waals surface area (Å²) in [6, 6.07) is 6.15. The molecule has 1 aromatic carbocycles. The highest BCUT2D eigenvalue weighted by Crippen LogP contribution is 2.31. The van der Waals surface area contributed by atoms with E-state index in [2.05, 4.69) is 10.3 Å². The minimum Gasteiger partial charge on any atom is -0.497 e. The number of amides is 1. The fourth-order valence-electron chi connectivity index (χ4n) is 2.98. The maximum atomic E-state index is 14.5. The molecule has 1 aliphatic heterocycles. The molecule has 9 heteroatoms. The number of pyridine rings is 1. The summed E-state index contributed by atoms with van der Waals surface area (Å²) in [5.41, 5.74) is 11.8.